The molecule has 0 aromatic heterocycles. The number of hydrogen-bond acceptors (Lipinski definition) is 1. The summed E-state index contributed by atoms with van der Waals surface area (Å²) in [6.07, 6.45) is 2.28. The standard InChI is InChI=1S/C11H16BrN/c1-2-9-13-11-5-3-10(4-6-11)7-8-12/h3-6,13H,2,7-9H2,1H3. The van der Waals surface area contributed by atoms with Crippen molar-refractivity contribution >= 4 is 21.6 Å². The van der Waals surface area contributed by atoms with Crippen LogP contribution in [0.1, 0.15) is 18.9 Å². The monoisotopic (exact) mass is 241 g/mol. The van der Waals surface area contributed by atoms with Gasteiger partial charge < -0.3 is 5.32 Å². The Morgan fingerprint density at radius 2 is 1.92 bits per heavy atom. The molecule has 0 amide bonds. The first-order chi connectivity index (χ1) is 6.36. The Morgan fingerprint density at radius 1 is 1.23 bits per heavy atom. The van der Waals surface area contributed by atoms with Gasteiger partial charge in [-0.25, -0.2) is 0 Å². The van der Waals surface area contributed by atoms with E-state index in [0.29, 0.717) is 0 Å². The number of alkyl halides is 1. The Bertz CT molecular complexity index is 230. The average molecular weight is 242 g/mol. The molecule has 1 rings (SSSR count). The lowest BCUT2D eigenvalue weighted by Gasteiger charge is -2.05. The van der Waals surface area contributed by atoms with Crippen LogP contribution in [0.15, 0.2) is 24.3 Å². The van der Waals surface area contributed by atoms with Crippen LogP contribution in [0, 0.1) is 0 Å². The van der Waals surface area contributed by atoms with Gasteiger partial charge in [-0.3, -0.25) is 0 Å². The van der Waals surface area contributed by atoms with Crippen molar-refractivity contribution in [2.45, 2.75) is 19.8 Å². The molecule has 0 spiro atoms. The van der Waals surface area contributed by atoms with E-state index in [1.807, 2.05) is 0 Å². The highest BCUT2D eigenvalue weighted by atomic mass is 79.9. The molecule has 2 heteroatoms. The van der Waals surface area contributed by atoms with Crippen LogP contribution in [-0.2, 0) is 6.42 Å². The zero-order valence-electron chi connectivity index (χ0n) is 8.02. The molecule has 0 aliphatic rings. The van der Waals surface area contributed by atoms with E-state index in [1.54, 1.807) is 0 Å². The van der Waals surface area contributed by atoms with Gasteiger partial charge in [0, 0.05) is 17.6 Å². The van der Waals surface area contributed by atoms with Crippen molar-refractivity contribution in [3.8, 4) is 0 Å². The lowest BCUT2D eigenvalue weighted by atomic mass is 10.1. The minimum absolute atomic E-state index is 1.04. The Morgan fingerprint density at radius 3 is 2.46 bits per heavy atom. The highest BCUT2D eigenvalue weighted by molar-refractivity contribution is 9.09. The van der Waals surface area contributed by atoms with Crippen molar-refractivity contribution in [1.82, 2.24) is 0 Å². The number of anilines is 1. The molecule has 0 unspecified atom stereocenters. The van der Waals surface area contributed by atoms with Crippen LogP contribution in [0.25, 0.3) is 0 Å². The molecule has 0 aliphatic carbocycles. The number of aryl methyl sites for hydroxylation is 1. The molecule has 1 aromatic rings. The van der Waals surface area contributed by atoms with Crippen molar-refractivity contribution in [3.05, 3.63) is 29.8 Å². The fraction of sp³-hybridized carbons (Fsp3) is 0.455. The van der Waals surface area contributed by atoms with Crippen molar-refractivity contribution in [2.24, 2.45) is 0 Å². The predicted molar refractivity (Wildman–Crippen MR) is 62.7 cm³/mol. The van der Waals surface area contributed by atoms with Crippen molar-refractivity contribution in [3.63, 3.8) is 0 Å². The topological polar surface area (TPSA) is 12.0 Å². The van der Waals surface area contributed by atoms with Gasteiger partial charge >= 0.3 is 0 Å². The summed E-state index contributed by atoms with van der Waals surface area (Å²) in [5.74, 6) is 0. The molecule has 0 radical (unpaired) electrons. The van der Waals surface area contributed by atoms with Crippen LogP contribution in [0.5, 0.6) is 0 Å². The fourth-order valence-corrected chi connectivity index (χ4v) is 1.63. The van der Waals surface area contributed by atoms with Crippen LogP contribution in [0.3, 0.4) is 0 Å². The van der Waals surface area contributed by atoms with Crippen LogP contribution >= 0.6 is 15.9 Å². The zero-order valence-corrected chi connectivity index (χ0v) is 9.60. The molecule has 0 fully saturated rings. The molecule has 1 N–H and O–H groups in total. The summed E-state index contributed by atoms with van der Waals surface area (Å²) in [5.41, 5.74) is 2.61. The molecule has 72 valence electrons. The lowest BCUT2D eigenvalue weighted by molar-refractivity contribution is 0.979. The number of halogens is 1. The van der Waals surface area contributed by atoms with Crippen molar-refractivity contribution < 1.29 is 0 Å². The van der Waals surface area contributed by atoms with E-state index < -0.39 is 0 Å². The molecule has 13 heavy (non-hydrogen) atoms. The van der Waals surface area contributed by atoms with Crippen LogP contribution in [0.2, 0.25) is 0 Å². The molecule has 0 saturated heterocycles. The smallest absolute Gasteiger partial charge is 0.0340 e. The quantitative estimate of drug-likeness (QED) is 0.780. The first kappa shape index (κ1) is 10.6. The molecule has 0 atom stereocenters. The second kappa shape index (κ2) is 6.03. The van der Waals surface area contributed by atoms with E-state index in [4.69, 9.17) is 0 Å². The normalized spacial score (nSPS) is 10.0. The second-order valence-corrected chi connectivity index (χ2v) is 3.86. The fourth-order valence-electron chi connectivity index (χ4n) is 1.17. The van der Waals surface area contributed by atoms with E-state index in [-0.39, 0.29) is 0 Å². The third-order valence-electron chi connectivity index (χ3n) is 1.92. The molecule has 1 aromatic carbocycles. The molecule has 1 nitrogen and oxygen atoms in total. The van der Waals surface area contributed by atoms with Crippen LogP contribution < -0.4 is 5.32 Å². The zero-order chi connectivity index (χ0) is 9.52. The highest BCUT2D eigenvalue weighted by Gasteiger charge is 1.92. The molecule has 0 aliphatic heterocycles. The Hall–Kier alpha value is -0.500. The number of nitrogens with one attached hydrogen (secondary N) is 1. The summed E-state index contributed by atoms with van der Waals surface area (Å²) >= 11 is 3.43. The van der Waals surface area contributed by atoms with Crippen molar-refractivity contribution in [1.29, 1.82) is 0 Å². The second-order valence-electron chi connectivity index (χ2n) is 3.06. The van der Waals surface area contributed by atoms with E-state index in [9.17, 15) is 0 Å². The van der Waals surface area contributed by atoms with Gasteiger partial charge in [-0.2, -0.15) is 0 Å². The van der Waals surface area contributed by atoms with Gasteiger partial charge in [-0.1, -0.05) is 35.0 Å². The molecule has 0 heterocycles. The summed E-state index contributed by atoms with van der Waals surface area (Å²) in [4.78, 5) is 0. The molecular formula is C11H16BrN. The summed E-state index contributed by atoms with van der Waals surface area (Å²) in [6, 6.07) is 8.65. The largest absolute Gasteiger partial charge is 0.385 e. The van der Waals surface area contributed by atoms with E-state index >= 15 is 0 Å². The minimum Gasteiger partial charge on any atom is -0.385 e. The van der Waals surface area contributed by atoms with Gasteiger partial charge in [0.25, 0.3) is 0 Å². The molecular weight excluding hydrogens is 226 g/mol. The third kappa shape index (κ3) is 3.81. The summed E-state index contributed by atoms with van der Waals surface area (Å²) < 4.78 is 0. The summed E-state index contributed by atoms with van der Waals surface area (Å²) in [6.45, 7) is 3.23. The lowest BCUT2D eigenvalue weighted by Crippen LogP contribution is -1.99. The number of benzene rings is 1. The maximum Gasteiger partial charge on any atom is 0.0340 e. The highest BCUT2D eigenvalue weighted by Crippen LogP contribution is 2.10. The average Bonchev–Trinajstić information content (AvgIpc) is 2.17. The minimum atomic E-state index is 1.04. The Labute approximate surface area is 88.7 Å². The van der Waals surface area contributed by atoms with Crippen molar-refractivity contribution in [2.75, 3.05) is 17.2 Å². The predicted octanol–water partition coefficient (Wildman–Crippen LogP) is 3.45. The SMILES string of the molecule is CCCNc1ccc(CCBr)cc1. The van der Waals surface area contributed by atoms with Gasteiger partial charge in [-0.05, 0) is 30.5 Å². The van der Waals surface area contributed by atoms with Gasteiger partial charge in [0.1, 0.15) is 0 Å². The van der Waals surface area contributed by atoms with E-state index in [1.165, 1.54) is 17.7 Å². The number of hydrogen-bond donors (Lipinski definition) is 1. The number of rotatable bonds is 5. The maximum atomic E-state index is 3.43. The Kier molecular flexibility index (Phi) is 4.91. The molecule has 0 bridgehead atoms. The van der Waals surface area contributed by atoms with Gasteiger partial charge in [-0.15, -0.1) is 0 Å². The van der Waals surface area contributed by atoms with E-state index in [2.05, 4.69) is 52.4 Å². The summed E-state index contributed by atoms with van der Waals surface area (Å²) in [5, 5.41) is 4.39. The van der Waals surface area contributed by atoms with Gasteiger partial charge in [0.05, 0.1) is 0 Å². The van der Waals surface area contributed by atoms with Crippen LogP contribution in [-0.4, -0.2) is 11.9 Å². The Balaban J connectivity index is 2.48. The van der Waals surface area contributed by atoms with E-state index in [0.717, 1.165) is 18.3 Å². The first-order valence-corrected chi connectivity index (χ1v) is 5.87. The van der Waals surface area contributed by atoms with Gasteiger partial charge in [0.2, 0.25) is 0 Å². The molecule has 0 saturated carbocycles. The third-order valence-corrected chi connectivity index (χ3v) is 2.31. The summed E-state index contributed by atoms with van der Waals surface area (Å²) in [7, 11) is 0. The first-order valence-electron chi connectivity index (χ1n) is 4.75. The van der Waals surface area contributed by atoms with Crippen LogP contribution in [0.4, 0.5) is 5.69 Å². The van der Waals surface area contributed by atoms with Gasteiger partial charge in [0.15, 0.2) is 0 Å². The maximum absolute atomic E-state index is 3.43.